The van der Waals surface area contributed by atoms with E-state index in [4.69, 9.17) is 9.47 Å². The Morgan fingerprint density at radius 1 is 0.967 bits per heavy atom. The van der Waals surface area contributed by atoms with Crippen LogP contribution in [0.25, 0.3) is 10.9 Å². The van der Waals surface area contributed by atoms with Crippen LogP contribution in [0.15, 0.2) is 79.0 Å². The second-order valence-corrected chi connectivity index (χ2v) is 7.39. The summed E-state index contributed by atoms with van der Waals surface area (Å²) in [4.78, 5) is 15.5. The number of fused-ring (bicyclic) bond motifs is 2. The topological polar surface area (TPSA) is 77.4 Å². The summed E-state index contributed by atoms with van der Waals surface area (Å²) in [6, 6.07) is 21.8. The number of nitrogens with one attached hydrogen (secondary N) is 1. The molecule has 0 saturated carbocycles. The minimum Gasteiger partial charge on any atom is -0.497 e. The molecule has 3 aromatic carbocycles. The zero-order valence-electron chi connectivity index (χ0n) is 16.3. The fourth-order valence-corrected chi connectivity index (χ4v) is 4.40. The molecule has 4 aromatic rings. The number of rotatable bonds is 4. The molecule has 3 atom stereocenters. The van der Waals surface area contributed by atoms with Gasteiger partial charge in [0, 0.05) is 27.6 Å². The number of para-hydroxylation sites is 2. The molecule has 6 heteroatoms. The van der Waals surface area contributed by atoms with E-state index < -0.39 is 18.1 Å². The molecule has 150 valence electrons. The van der Waals surface area contributed by atoms with Gasteiger partial charge in [-0.3, -0.25) is 10.1 Å². The molecule has 0 saturated heterocycles. The van der Waals surface area contributed by atoms with Crippen LogP contribution in [0.1, 0.15) is 28.7 Å². The maximum absolute atomic E-state index is 12.4. The molecule has 3 unspecified atom stereocenters. The van der Waals surface area contributed by atoms with Gasteiger partial charge in [0.2, 0.25) is 0 Å². The summed E-state index contributed by atoms with van der Waals surface area (Å²) in [6.07, 6.45) is 1.17. The Hall–Kier alpha value is -3.80. The van der Waals surface area contributed by atoms with Gasteiger partial charge in [-0.2, -0.15) is 0 Å². The molecule has 2 heterocycles. The molecule has 0 fully saturated rings. The van der Waals surface area contributed by atoms with Crippen molar-refractivity contribution < 1.29 is 14.4 Å². The molecule has 6 nitrogen and oxygen atoms in total. The van der Waals surface area contributed by atoms with Crippen molar-refractivity contribution in [2.24, 2.45) is 0 Å². The summed E-state index contributed by atoms with van der Waals surface area (Å²) < 4.78 is 11.4. The predicted octanol–water partition coefficient (Wildman–Crippen LogP) is 5.09. The highest BCUT2D eigenvalue weighted by molar-refractivity contribution is 5.84. The molecule has 0 radical (unpaired) electrons. The minimum atomic E-state index is -0.979. The van der Waals surface area contributed by atoms with Crippen LogP contribution in [0.5, 0.6) is 11.5 Å². The van der Waals surface area contributed by atoms with E-state index in [-0.39, 0.29) is 4.92 Å². The second kappa shape index (κ2) is 7.22. The van der Waals surface area contributed by atoms with Gasteiger partial charge in [0.25, 0.3) is 6.04 Å². The summed E-state index contributed by atoms with van der Waals surface area (Å²) in [5, 5.41) is 13.4. The van der Waals surface area contributed by atoms with Crippen LogP contribution < -0.4 is 9.47 Å². The predicted molar refractivity (Wildman–Crippen MR) is 114 cm³/mol. The van der Waals surface area contributed by atoms with Gasteiger partial charge in [0.15, 0.2) is 6.10 Å². The Morgan fingerprint density at radius 3 is 2.47 bits per heavy atom. The average molecular weight is 400 g/mol. The van der Waals surface area contributed by atoms with Crippen molar-refractivity contribution in [2.45, 2.75) is 18.1 Å². The lowest BCUT2D eigenvalue weighted by Crippen LogP contribution is -2.40. The SMILES string of the molecule is COc1ccc(C2Oc3ccccc3C(c3c[nH]c4ccccc34)C2[N+](=O)[O-])cc1. The summed E-state index contributed by atoms with van der Waals surface area (Å²) in [6.45, 7) is 0. The second-order valence-electron chi connectivity index (χ2n) is 7.39. The number of H-pyrrole nitrogens is 1. The lowest BCUT2D eigenvalue weighted by molar-refractivity contribution is -0.538. The van der Waals surface area contributed by atoms with Gasteiger partial charge >= 0.3 is 0 Å². The van der Waals surface area contributed by atoms with Crippen molar-refractivity contribution in [3.8, 4) is 11.5 Å². The third-order valence-corrected chi connectivity index (χ3v) is 5.80. The van der Waals surface area contributed by atoms with Crippen LogP contribution in [-0.2, 0) is 0 Å². The van der Waals surface area contributed by atoms with Crippen LogP contribution in [-0.4, -0.2) is 23.1 Å². The first-order chi connectivity index (χ1) is 14.7. The van der Waals surface area contributed by atoms with E-state index in [1.54, 1.807) is 19.2 Å². The highest BCUT2D eigenvalue weighted by Crippen LogP contribution is 2.48. The van der Waals surface area contributed by atoms with Gasteiger partial charge in [0.1, 0.15) is 11.5 Å². The molecule has 0 aliphatic carbocycles. The molecule has 0 amide bonds. The summed E-state index contributed by atoms with van der Waals surface area (Å²) >= 11 is 0. The van der Waals surface area contributed by atoms with E-state index >= 15 is 0 Å². The number of methoxy groups -OCH3 is 1. The van der Waals surface area contributed by atoms with Crippen LogP contribution in [0.2, 0.25) is 0 Å². The molecular weight excluding hydrogens is 380 g/mol. The zero-order valence-corrected chi connectivity index (χ0v) is 16.3. The van der Waals surface area contributed by atoms with E-state index in [2.05, 4.69) is 4.98 Å². The van der Waals surface area contributed by atoms with Gasteiger partial charge in [-0.25, -0.2) is 0 Å². The van der Waals surface area contributed by atoms with Gasteiger partial charge in [-0.15, -0.1) is 0 Å². The third kappa shape index (κ3) is 2.88. The lowest BCUT2D eigenvalue weighted by Gasteiger charge is -2.34. The number of ether oxygens (including phenoxy) is 2. The number of benzene rings is 3. The molecule has 1 aromatic heterocycles. The van der Waals surface area contributed by atoms with Crippen LogP contribution in [0, 0.1) is 10.1 Å². The molecule has 0 bridgehead atoms. The zero-order chi connectivity index (χ0) is 20.7. The van der Waals surface area contributed by atoms with Gasteiger partial charge < -0.3 is 14.5 Å². The van der Waals surface area contributed by atoms with E-state index in [1.165, 1.54) is 0 Å². The standard InChI is InChI=1S/C24H20N2O4/c1-29-16-12-10-15(11-13-16)24-23(26(27)28)22(18-7-3-5-9-21(18)30-24)19-14-25-20-8-4-2-6-17(19)20/h2-14,22-25H,1H3. The van der Waals surface area contributed by atoms with E-state index in [0.29, 0.717) is 11.5 Å². The van der Waals surface area contributed by atoms with Crippen molar-refractivity contribution in [1.29, 1.82) is 0 Å². The fraction of sp³-hybridized carbons (Fsp3) is 0.167. The first-order valence-electron chi connectivity index (χ1n) is 9.76. The summed E-state index contributed by atoms with van der Waals surface area (Å²) in [7, 11) is 1.59. The summed E-state index contributed by atoms with van der Waals surface area (Å²) in [5.41, 5.74) is 3.44. The number of nitro groups is 1. The van der Waals surface area contributed by atoms with Crippen molar-refractivity contribution in [3.05, 3.63) is 106 Å². The Kier molecular flexibility index (Phi) is 4.39. The van der Waals surface area contributed by atoms with Crippen LogP contribution in [0.3, 0.4) is 0 Å². The Balaban J connectivity index is 1.71. The smallest absolute Gasteiger partial charge is 0.264 e. The highest BCUT2D eigenvalue weighted by Gasteiger charge is 2.48. The Morgan fingerprint density at radius 2 is 1.70 bits per heavy atom. The lowest BCUT2D eigenvalue weighted by atomic mass is 9.78. The monoisotopic (exact) mass is 400 g/mol. The molecule has 1 aliphatic heterocycles. The van der Waals surface area contributed by atoms with Crippen LogP contribution in [0.4, 0.5) is 0 Å². The fourth-order valence-electron chi connectivity index (χ4n) is 4.40. The highest BCUT2D eigenvalue weighted by atomic mass is 16.6. The number of aromatic amines is 1. The maximum Gasteiger partial charge on any atom is 0.264 e. The average Bonchev–Trinajstić information content (AvgIpc) is 3.21. The minimum absolute atomic E-state index is 0.211. The number of aromatic nitrogens is 1. The Bertz CT molecular complexity index is 1220. The number of hydrogen-bond acceptors (Lipinski definition) is 4. The quantitative estimate of drug-likeness (QED) is 0.382. The third-order valence-electron chi connectivity index (χ3n) is 5.80. The van der Waals surface area contributed by atoms with Crippen molar-refractivity contribution in [3.63, 3.8) is 0 Å². The largest absolute Gasteiger partial charge is 0.497 e. The van der Waals surface area contributed by atoms with Crippen molar-refractivity contribution in [2.75, 3.05) is 7.11 Å². The van der Waals surface area contributed by atoms with E-state index in [0.717, 1.165) is 27.6 Å². The molecule has 0 spiro atoms. The van der Waals surface area contributed by atoms with Crippen molar-refractivity contribution >= 4 is 10.9 Å². The maximum atomic E-state index is 12.4. The Labute approximate surface area is 173 Å². The number of hydrogen-bond donors (Lipinski definition) is 1. The molecule has 1 N–H and O–H groups in total. The molecule has 30 heavy (non-hydrogen) atoms. The number of nitrogens with zero attached hydrogens (tertiary/aromatic N) is 1. The first-order valence-corrected chi connectivity index (χ1v) is 9.76. The first kappa shape index (κ1) is 18.2. The van der Waals surface area contributed by atoms with E-state index in [1.807, 2.05) is 66.9 Å². The normalized spacial score (nSPS) is 20.4. The molecule has 5 rings (SSSR count). The summed E-state index contributed by atoms with van der Waals surface area (Å²) in [5.74, 6) is 0.917. The van der Waals surface area contributed by atoms with Gasteiger partial charge in [0.05, 0.1) is 13.0 Å². The van der Waals surface area contributed by atoms with Gasteiger partial charge in [-0.1, -0.05) is 48.5 Å². The molecule has 1 aliphatic rings. The van der Waals surface area contributed by atoms with Gasteiger partial charge in [-0.05, 0) is 35.4 Å². The molecular formula is C24H20N2O4. The van der Waals surface area contributed by atoms with E-state index in [9.17, 15) is 10.1 Å². The van der Waals surface area contributed by atoms with Crippen LogP contribution >= 0.6 is 0 Å². The van der Waals surface area contributed by atoms with Crippen molar-refractivity contribution in [1.82, 2.24) is 4.98 Å².